The fourth-order valence-corrected chi connectivity index (χ4v) is 2.62. The van der Waals surface area contributed by atoms with Gasteiger partial charge in [0.05, 0.1) is 16.4 Å². The summed E-state index contributed by atoms with van der Waals surface area (Å²) in [4.78, 5) is 9.58. The molecule has 0 amide bonds. The Morgan fingerprint density at radius 2 is 1.95 bits per heavy atom. The first-order valence-corrected chi connectivity index (χ1v) is 6.89. The van der Waals surface area contributed by atoms with Crippen LogP contribution in [0.4, 0.5) is 4.39 Å². The number of benzene rings is 2. The molecule has 3 aromatic rings. The van der Waals surface area contributed by atoms with E-state index >= 15 is 0 Å². The van der Waals surface area contributed by atoms with E-state index in [1.807, 2.05) is 24.3 Å². The molecule has 1 aromatic heterocycles. The Bertz CT molecular complexity index is 721. The number of hydrogen-bond donors (Lipinski definition) is 0. The Labute approximate surface area is 119 Å². The summed E-state index contributed by atoms with van der Waals surface area (Å²) in [6.07, 6.45) is 1.36. The number of oxime groups is 1. The predicted molar refractivity (Wildman–Crippen MR) is 78.4 cm³/mol. The molecule has 3 nitrogen and oxygen atoms in total. The van der Waals surface area contributed by atoms with Crippen molar-refractivity contribution >= 4 is 27.8 Å². The minimum atomic E-state index is -0.320. The zero-order valence-electron chi connectivity index (χ0n) is 10.5. The van der Waals surface area contributed by atoms with Gasteiger partial charge in [0.2, 0.25) is 0 Å². The summed E-state index contributed by atoms with van der Waals surface area (Å²) in [7, 11) is 0. The third kappa shape index (κ3) is 2.83. The maximum absolute atomic E-state index is 13.3. The van der Waals surface area contributed by atoms with Gasteiger partial charge in [-0.3, -0.25) is 0 Å². The van der Waals surface area contributed by atoms with Crippen molar-refractivity contribution in [1.29, 1.82) is 0 Å². The predicted octanol–water partition coefficient (Wildman–Crippen LogP) is 3.99. The van der Waals surface area contributed by atoms with Gasteiger partial charge in [0, 0.05) is 5.56 Å². The van der Waals surface area contributed by atoms with E-state index in [-0.39, 0.29) is 12.4 Å². The monoisotopic (exact) mass is 286 g/mol. The quantitative estimate of drug-likeness (QED) is 0.537. The standard InChI is InChI=1S/C15H11FN2OS/c16-12-6-2-1-5-11(12)9-17-19-10-15-18-13-7-3-4-8-14(13)20-15/h1-9H,10H2/b17-9-. The molecular weight excluding hydrogens is 275 g/mol. The molecule has 5 heteroatoms. The highest BCUT2D eigenvalue weighted by molar-refractivity contribution is 7.18. The van der Waals surface area contributed by atoms with Crippen molar-refractivity contribution in [3.05, 3.63) is 64.9 Å². The smallest absolute Gasteiger partial charge is 0.168 e. The normalized spacial score (nSPS) is 11.2. The van der Waals surface area contributed by atoms with Gasteiger partial charge >= 0.3 is 0 Å². The number of halogens is 1. The second-order valence-corrected chi connectivity index (χ2v) is 5.22. The van der Waals surface area contributed by atoms with Crippen molar-refractivity contribution in [2.45, 2.75) is 6.61 Å². The minimum absolute atomic E-state index is 0.282. The fourth-order valence-electron chi connectivity index (χ4n) is 1.75. The average Bonchev–Trinajstić information content (AvgIpc) is 2.88. The summed E-state index contributed by atoms with van der Waals surface area (Å²) in [5.41, 5.74) is 1.35. The zero-order chi connectivity index (χ0) is 13.8. The van der Waals surface area contributed by atoms with Crippen molar-refractivity contribution < 1.29 is 9.23 Å². The lowest BCUT2D eigenvalue weighted by molar-refractivity contribution is 0.132. The summed E-state index contributed by atoms with van der Waals surface area (Å²) >= 11 is 1.56. The van der Waals surface area contributed by atoms with Gasteiger partial charge in [0.15, 0.2) is 6.61 Å². The Morgan fingerprint density at radius 3 is 2.80 bits per heavy atom. The van der Waals surface area contributed by atoms with E-state index in [0.29, 0.717) is 5.56 Å². The second kappa shape index (κ2) is 5.79. The molecule has 3 rings (SSSR count). The average molecular weight is 286 g/mol. The van der Waals surface area contributed by atoms with Gasteiger partial charge in [0.25, 0.3) is 0 Å². The van der Waals surface area contributed by atoms with Crippen LogP contribution in [0.1, 0.15) is 10.6 Å². The van der Waals surface area contributed by atoms with Crippen LogP contribution in [-0.4, -0.2) is 11.2 Å². The molecule has 0 bridgehead atoms. The molecule has 0 aliphatic carbocycles. The van der Waals surface area contributed by atoms with E-state index in [1.165, 1.54) is 12.3 Å². The van der Waals surface area contributed by atoms with E-state index in [2.05, 4.69) is 10.1 Å². The Hall–Kier alpha value is -2.27. The lowest BCUT2D eigenvalue weighted by Crippen LogP contribution is -1.89. The van der Waals surface area contributed by atoms with Crippen LogP contribution in [0.3, 0.4) is 0 Å². The lowest BCUT2D eigenvalue weighted by Gasteiger charge is -1.96. The summed E-state index contributed by atoms with van der Waals surface area (Å²) < 4.78 is 14.4. The highest BCUT2D eigenvalue weighted by Crippen LogP contribution is 2.21. The largest absolute Gasteiger partial charge is 0.388 e. The van der Waals surface area contributed by atoms with E-state index in [9.17, 15) is 4.39 Å². The van der Waals surface area contributed by atoms with E-state index in [0.717, 1.165) is 15.2 Å². The van der Waals surface area contributed by atoms with Crippen LogP contribution in [0.5, 0.6) is 0 Å². The molecule has 0 N–H and O–H groups in total. The number of fused-ring (bicyclic) bond motifs is 1. The second-order valence-electron chi connectivity index (χ2n) is 4.10. The first-order valence-electron chi connectivity index (χ1n) is 6.07. The van der Waals surface area contributed by atoms with Crippen molar-refractivity contribution in [2.75, 3.05) is 0 Å². The molecular formula is C15H11FN2OS. The van der Waals surface area contributed by atoms with Crippen LogP contribution in [0, 0.1) is 5.82 Å². The molecule has 2 aromatic carbocycles. The number of para-hydroxylation sites is 1. The highest BCUT2D eigenvalue weighted by Gasteiger charge is 2.03. The molecule has 0 radical (unpaired) electrons. The molecule has 0 aliphatic rings. The molecule has 20 heavy (non-hydrogen) atoms. The van der Waals surface area contributed by atoms with Crippen LogP contribution in [-0.2, 0) is 11.4 Å². The Balaban J connectivity index is 1.64. The molecule has 0 aliphatic heterocycles. The third-order valence-corrected chi connectivity index (χ3v) is 3.71. The maximum Gasteiger partial charge on any atom is 0.168 e. The van der Waals surface area contributed by atoms with Crippen molar-refractivity contribution in [3.8, 4) is 0 Å². The number of nitrogens with zero attached hydrogens (tertiary/aromatic N) is 2. The molecule has 0 unspecified atom stereocenters. The van der Waals surface area contributed by atoms with Crippen LogP contribution in [0.15, 0.2) is 53.7 Å². The molecule has 0 saturated carbocycles. The van der Waals surface area contributed by atoms with Crippen molar-refractivity contribution in [2.24, 2.45) is 5.16 Å². The van der Waals surface area contributed by atoms with Gasteiger partial charge in [0.1, 0.15) is 10.8 Å². The van der Waals surface area contributed by atoms with Crippen LogP contribution >= 0.6 is 11.3 Å². The SMILES string of the molecule is Fc1ccccc1/C=N\OCc1nc2ccccc2s1. The molecule has 1 heterocycles. The molecule has 0 atom stereocenters. The third-order valence-electron chi connectivity index (χ3n) is 2.70. The van der Waals surface area contributed by atoms with Crippen LogP contribution in [0.25, 0.3) is 10.2 Å². The summed E-state index contributed by atoms with van der Waals surface area (Å²) in [6, 6.07) is 14.3. The topological polar surface area (TPSA) is 34.5 Å². The van der Waals surface area contributed by atoms with E-state index in [4.69, 9.17) is 4.84 Å². The first kappa shape index (κ1) is 12.7. The number of thiazole rings is 1. The van der Waals surface area contributed by atoms with Gasteiger partial charge in [-0.15, -0.1) is 11.3 Å². The van der Waals surface area contributed by atoms with Crippen molar-refractivity contribution in [3.63, 3.8) is 0 Å². The van der Waals surface area contributed by atoms with Crippen LogP contribution < -0.4 is 0 Å². The number of hydrogen-bond acceptors (Lipinski definition) is 4. The number of aromatic nitrogens is 1. The minimum Gasteiger partial charge on any atom is -0.388 e. The van der Waals surface area contributed by atoms with E-state index < -0.39 is 0 Å². The van der Waals surface area contributed by atoms with Crippen molar-refractivity contribution in [1.82, 2.24) is 4.98 Å². The van der Waals surface area contributed by atoms with Gasteiger partial charge in [-0.25, -0.2) is 9.37 Å². The lowest BCUT2D eigenvalue weighted by atomic mass is 10.2. The summed E-state index contributed by atoms with van der Waals surface area (Å²) in [5.74, 6) is -0.320. The Morgan fingerprint density at radius 1 is 1.15 bits per heavy atom. The zero-order valence-corrected chi connectivity index (χ0v) is 11.3. The molecule has 0 saturated heterocycles. The fraction of sp³-hybridized carbons (Fsp3) is 0.0667. The summed E-state index contributed by atoms with van der Waals surface area (Å²) in [6.45, 7) is 0.282. The maximum atomic E-state index is 13.3. The van der Waals surface area contributed by atoms with E-state index in [1.54, 1.807) is 29.5 Å². The van der Waals surface area contributed by atoms with Gasteiger partial charge < -0.3 is 4.84 Å². The summed E-state index contributed by atoms with van der Waals surface area (Å²) in [5, 5.41) is 4.61. The molecule has 100 valence electrons. The molecule has 0 fully saturated rings. The van der Waals surface area contributed by atoms with Crippen LogP contribution in [0.2, 0.25) is 0 Å². The highest BCUT2D eigenvalue weighted by atomic mass is 32.1. The van der Waals surface area contributed by atoms with Gasteiger partial charge in [-0.2, -0.15) is 0 Å². The number of rotatable bonds is 4. The van der Waals surface area contributed by atoms with Gasteiger partial charge in [-0.05, 0) is 18.2 Å². The Kier molecular flexibility index (Phi) is 3.69. The van der Waals surface area contributed by atoms with Gasteiger partial charge in [-0.1, -0.05) is 35.5 Å². The molecule has 0 spiro atoms. The first-order chi connectivity index (χ1) is 9.83.